The molecule has 0 aliphatic heterocycles. The lowest BCUT2D eigenvalue weighted by Gasteiger charge is -2.12. The van der Waals surface area contributed by atoms with Crippen LogP contribution in [0.1, 0.15) is 30.0 Å². The molecule has 0 spiro atoms. The van der Waals surface area contributed by atoms with Crippen molar-refractivity contribution in [3.8, 4) is 5.75 Å². The minimum atomic E-state index is 0.247. The molecule has 0 fully saturated rings. The molecule has 2 heteroatoms. The molecule has 0 saturated carbocycles. The largest absolute Gasteiger partial charge is 0.496 e. The summed E-state index contributed by atoms with van der Waals surface area (Å²) in [4.78, 5) is 0. The molecule has 1 atom stereocenters. The third kappa shape index (κ3) is 3.24. The van der Waals surface area contributed by atoms with Gasteiger partial charge in [0.05, 0.1) is 7.11 Å². The Bertz CT molecular complexity index is 332. The van der Waals surface area contributed by atoms with Gasteiger partial charge in [0.15, 0.2) is 0 Å². The second-order valence-corrected chi connectivity index (χ2v) is 4.26. The quantitative estimate of drug-likeness (QED) is 0.823. The fourth-order valence-electron chi connectivity index (χ4n) is 1.62. The normalized spacial score (nSPS) is 12.6. The van der Waals surface area contributed by atoms with Crippen LogP contribution in [0.25, 0.3) is 0 Å². The molecule has 0 aromatic heterocycles. The third-order valence-corrected chi connectivity index (χ3v) is 2.77. The van der Waals surface area contributed by atoms with Gasteiger partial charge in [-0.1, -0.05) is 6.07 Å². The standard InChI is InChI=1S/C13H21NO/c1-9-7-12(6-5-11(3)14)13(15-4)8-10(9)2/h7-8,11H,5-6,14H2,1-4H3. The van der Waals surface area contributed by atoms with Gasteiger partial charge in [-0.05, 0) is 56.4 Å². The van der Waals surface area contributed by atoms with E-state index in [9.17, 15) is 0 Å². The molecule has 1 rings (SSSR count). The zero-order chi connectivity index (χ0) is 11.4. The van der Waals surface area contributed by atoms with Gasteiger partial charge in [0.1, 0.15) is 5.75 Å². The number of hydrogen-bond donors (Lipinski definition) is 1. The summed E-state index contributed by atoms with van der Waals surface area (Å²) in [5.74, 6) is 0.985. The predicted molar refractivity (Wildman–Crippen MR) is 64.4 cm³/mol. The van der Waals surface area contributed by atoms with Gasteiger partial charge in [-0.2, -0.15) is 0 Å². The molecule has 0 saturated heterocycles. The van der Waals surface area contributed by atoms with Gasteiger partial charge in [-0.25, -0.2) is 0 Å². The Kier molecular flexibility index (Phi) is 4.15. The molecule has 1 aromatic carbocycles. The molecule has 0 amide bonds. The van der Waals surface area contributed by atoms with Crippen molar-refractivity contribution in [1.29, 1.82) is 0 Å². The molecular weight excluding hydrogens is 186 g/mol. The van der Waals surface area contributed by atoms with Gasteiger partial charge in [0, 0.05) is 6.04 Å². The average Bonchev–Trinajstić information content (AvgIpc) is 2.19. The van der Waals surface area contributed by atoms with E-state index in [1.165, 1.54) is 16.7 Å². The average molecular weight is 207 g/mol. The Morgan fingerprint density at radius 3 is 2.40 bits per heavy atom. The van der Waals surface area contributed by atoms with Crippen LogP contribution in [-0.4, -0.2) is 13.2 Å². The van der Waals surface area contributed by atoms with Crippen LogP contribution in [0.15, 0.2) is 12.1 Å². The van der Waals surface area contributed by atoms with Crippen molar-refractivity contribution >= 4 is 0 Å². The SMILES string of the molecule is COc1cc(C)c(C)cc1CCC(C)N. The molecule has 1 unspecified atom stereocenters. The van der Waals surface area contributed by atoms with E-state index < -0.39 is 0 Å². The fourth-order valence-corrected chi connectivity index (χ4v) is 1.62. The van der Waals surface area contributed by atoms with E-state index in [0.29, 0.717) is 0 Å². The number of ether oxygens (including phenoxy) is 1. The Hall–Kier alpha value is -1.02. The number of methoxy groups -OCH3 is 1. The highest BCUT2D eigenvalue weighted by molar-refractivity contribution is 5.41. The molecule has 1 aromatic rings. The molecule has 0 heterocycles. The van der Waals surface area contributed by atoms with Crippen LogP contribution in [-0.2, 0) is 6.42 Å². The summed E-state index contributed by atoms with van der Waals surface area (Å²) in [7, 11) is 1.72. The Morgan fingerprint density at radius 2 is 1.87 bits per heavy atom. The summed E-state index contributed by atoms with van der Waals surface area (Å²) >= 11 is 0. The maximum atomic E-state index is 5.76. The summed E-state index contributed by atoms with van der Waals surface area (Å²) in [6.07, 6.45) is 1.99. The third-order valence-electron chi connectivity index (χ3n) is 2.77. The van der Waals surface area contributed by atoms with Crippen molar-refractivity contribution in [1.82, 2.24) is 0 Å². The zero-order valence-electron chi connectivity index (χ0n) is 10.1. The van der Waals surface area contributed by atoms with E-state index in [1.54, 1.807) is 7.11 Å². The fraction of sp³-hybridized carbons (Fsp3) is 0.538. The smallest absolute Gasteiger partial charge is 0.122 e. The first kappa shape index (κ1) is 12.1. The Morgan fingerprint density at radius 1 is 1.27 bits per heavy atom. The molecule has 2 N–H and O–H groups in total. The summed E-state index contributed by atoms with van der Waals surface area (Å²) in [5, 5.41) is 0. The van der Waals surface area contributed by atoms with Crippen molar-refractivity contribution in [3.63, 3.8) is 0 Å². The minimum absolute atomic E-state index is 0.247. The first-order valence-corrected chi connectivity index (χ1v) is 5.44. The lowest BCUT2D eigenvalue weighted by Crippen LogP contribution is -2.15. The lowest BCUT2D eigenvalue weighted by atomic mass is 10.0. The van der Waals surface area contributed by atoms with Crippen molar-refractivity contribution in [2.75, 3.05) is 7.11 Å². The maximum Gasteiger partial charge on any atom is 0.122 e. The summed E-state index contributed by atoms with van der Waals surface area (Å²) in [6.45, 7) is 6.27. The van der Waals surface area contributed by atoms with E-state index >= 15 is 0 Å². The van der Waals surface area contributed by atoms with E-state index in [4.69, 9.17) is 10.5 Å². The lowest BCUT2D eigenvalue weighted by molar-refractivity contribution is 0.408. The van der Waals surface area contributed by atoms with Crippen molar-refractivity contribution in [3.05, 3.63) is 28.8 Å². The van der Waals surface area contributed by atoms with Crippen LogP contribution < -0.4 is 10.5 Å². The second-order valence-electron chi connectivity index (χ2n) is 4.26. The molecule has 0 radical (unpaired) electrons. The highest BCUT2D eigenvalue weighted by atomic mass is 16.5. The van der Waals surface area contributed by atoms with Gasteiger partial charge < -0.3 is 10.5 Å². The second kappa shape index (κ2) is 5.17. The van der Waals surface area contributed by atoms with Gasteiger partial charge in [0.2, 0.25) is 0 Å². The van der Waals surface area contributed by atoms with Crippen molar-refractivity contribution in [2.45, 2.75) is 39.7 Å². The van der Waals surface area contributed by atoms with Gasteiger partial charge in [-0.3, -0.25) is 0 Å². The first-order valence-electron chi connectivity index (χ1n) is 5.44. The van der Waals surface area contributed by atoms with Crippen LogP contribution in [0.4, 0.5) is 0 Å². The molecule has 0 bridgehead atoms. The van der Waals surface area contributed by atoms with Gasteiger partial charge >= 0.3 is 0 Å². The Labute approximate surface area is 92.4 Å². The maximum absolute atomic E-state index is 5.76. The van der Waals surface area contributed by atoms with Gasteiger partial charge in [0.25, 0.3) is 0 Å². The van der Waals surface area contributed by atoms with E-state index in [1.807, 2.05) is 6.92 Å². The summed E-state index contributed by atoms with van der Waals surface area (Å²) < 4.78 is 5.37. The minimum Gasteiger partial charge on any atom is -0.496 e. The highest BCUT2D eigenvalue weighted by Gasteiger charge is 2.06. The Balaban J connectivity index is 2.89. The van der Waals surface area contributed by atoms with E-state index in [2.05, 4.69) is 26.0 Å². The predicted octanol–water partition coefficient (Wildman–Crippen LogP) is 2.59. The first-order chi connectivity index (χ1) is 7.04. The van der Waals surface area contributed by atoms with Crippen LogP contribution >= 0.6 is 0 Å². The molecule has 15 heavy (non-hydrogen) atoms. The number of aryl methyl sites for hydroxylation is 3. The van der Waals surface area contributed by atoms with Crippen LogP contribution in [0, 0.1) is 13.8 Å². The van der Waals surface area contributed by atoms with Crippen LogP contribution in [0.5, 0.6) is 5.75 Å². The van der Waals surface area contributed by atoms with Crippen LogP contribution in [0.2, 0.25) is 0 Å². The molecular formula is C13H21NO. The van der Waals surface area contributed by atoms with Gasteiger partial charge in [-0.15, -0.1) is 0 Å². The molecule has 0 aliphatic rings. The monoisotopic (exact) mass is 207 g/mol. The molecule has 84 valence electrons. The molecule has 0 aliphatic carbocycles. The highest BCUT2D eigenvalue weighted by Crippen LogP contribution is 2.24. The summed E-state index contributed by atoms with van der Waals surface area (Å²) in [5.41, 5.74) is 9.61. The number of nitrogens with two attached hydrogens (primary N) is 1. The number of hydrogen-bond acceptors (Lipinski definition) is 2. The number of rotatable bonds is 4. The summed E-state index contributed by atoms with van der Waals surface area (Å²) in [6, 6.07) is 4.55. The van der Waals surface area contributed by atoms with Crippen molar-refractivity contribution in [2.24, 2.45) is 5.73 Å². The van der Waals surface area contributed by atoms with Crippen LogP contribution in [0.3, 0.4) is 0 Å². The molecule has 2 nitrogen and oxygen atoms in total. The number of benzene rings is 1. The zero-order valence-corrected chi connectivity index (χ0v) is 10.1. The van der Waals surface area contributed by atoms with E-state index in [-0.39, 0.29) is 6.04 Å². The van der Waals surface area contributed by atoms with Crippen molar-refractivity contribution < 1.29 is 4.74 Å². The topological polar surface area (TPSA) is 35.2 Å². The van der Waals surface area contributed by atoms with E-state index in [0.717, 1.165) is 18.6 Å².